The molecular formula is C47H86O20P2. The Balaban J connectivity index is 2.30. The first-order chi connectivity index (χ1) is 32.8. The Kier molecular flexibility index (Phi) is 32.6. The molecule has 2 aliphatic rings. The number of rotatable bonds is 26. The third-order valence-electron chi connectivity index (χ3n) is 12.3. The van der Waals surface area contributed by atoms with Gasteiger partial charge < -0.3 is 64.6 Å². The minimum absolute atomic E-state index is 0.0530. The molecule has 22 heteroatoms. The minimum Gasteiger partial charge on any atom is -0.462 e. The van der Waals surface area contributed by atoms with Gasteiger partial charge in [0.25, 0.3) is 0 Å². The number of esters is 2. The second kappa shape index (κ2) is 35.5. The Morgan fingerprint density at radius 1 is 0.826 bits per heavy atom. The van der Waals surface area contributed by atoms with Gasteiger partial charge in [-0.2, -0.15) is 0 Å². The van der Waals surface area contributed by atoms with Gasteiger partial charge in [-0.25, -0.2) is 9.13 Å². The molecule has 2 aliphatic heterocycles. The zero-order valence-electron chi connectivity index (χ0n) is 40.8. The molecule has 0 radical (unpaired) electrons. The van der Waals surface area contributed by atoms with Crippen molar-refractivity contribution in [2.75, 3.05) is 13.2 Å². The molecule has 69 heavy (non-hydrogen) atoms. The average molecular weight is 1030 g/mol. The maximum Gasteiger partial charge on any atom is 0.472 e. The van der Waals surface area contributed by atoms with Crippen molar-refractivity contribution >= 4 is 27.6 Å². The number of allylic oxidation sites excluding steroid dienone is 2. The van der Waals surface area contributed by atoms with Gasteiger partial charge in [-0.05, 0) is 32.1 Å². The van der Waals surface area contributed by atoms with Crippen LogP contribution in [0.25, 0.3) is 0 Å². The molecule has 20 nitrogen and oxygen atoms in total. The molecular weight excluding hydrogens is 946 g/mol. The average Bonchev–Trinajstić information content (AvgIpc) is 3.29. The van der Waals surface area contributed by atoms with E-state index in [0.717, 1.165) is 50.7 Å². The van der Waals surface area contributed by atoms with Crippen molar-refractivity contribution in [1.29, 1.82) is 0 Å². The Labute approximate surface area is 408 Å². The molecule has 0 aromatic heterocycles. The van der Waals surface area contributed by atoms with E-state index in [1.54, 1.807) is 6.08 Å². The quantitative estimate of drug-likeness (QED) is 0.0211. The molecule has 0 spiro atoms. The summed E-state index contributed by atoms with van der Waals surface area (Å²) >= 11 is 0. The zero-order chi connectivity index (χ0) is 51.2. The molecule has 2 heterocycles. The van der Waals surface area contributed by atoms with Crippen LogP contribution in [0.15, 0.2) is 24.3 Å². The third kappa shape index (κ3) is 27.8. The van der Waals surface area contributed by atoms with Gasteiger partial charge >= 0.3 is 27.6 Å². The molecule has 13 atom stereocenters. The summed E-state index contributed by atoms with van der Waals surface area (Å²) in [5.74, 6) is -2.85. The van der Waals surface area contributed by atoms with Crippen LogP contribution in [0.5, 0.6) is 0 Å². The van der Waals surface area contributed by atoms with E-state index >= 15 is 0 Å². The topological polar surface area (TPSA) is 326 Å². The van der Waals surface area contributed by atoms with Crippen LogP contribution < -0.4 is 0 Å². The van der Waals surface area contributed by atoms with Gasteiger partial charge in [0.05, 0.1) is 24.9 Å². The van der Waals surface area contributed by atoms with Crippen LogP contribution in [0.1, 0.15) is 174 Å². The lowest BCUT2D eigenvalue weighted by molar-refractivity contribution is -0.210. The first-order valence-corrected chi connectivity index (χ1v) is 28.3. The van der Waals surface area contributed by atoms with Crippen molar-refractivity contribution in [1.82, 2.24) is 0 Å². The second-order valence-corrected chi connectivity index (χ2v) is 21.0. The molecule has 1 fully saturated rings. The number of phosphoric acid groups is 2. The van der Waals surface area contributed by atoms with E-state index in [1.807, 2.05) is 6.92 Å². The van der Waals surface area contributed by atoms with Crippen LogP contribution in [0.3, 0.4) is 0 Å². The Morgan fingerprint density at radius 2 is 1.41 bits per heavy atom. The number of ether oxygens (including phenoxy) is 3. The maximum absolute atomic E-state index is 13.7. The predicted molar refractivity (Wildman–Crippen MR) is 254 cm³/mol. The summed E-state index contributed by atoms with van der Waals surface area (Å²) in [6, 6.07) is 0. The number of hydrogen-bond acceptors (Lipinski definition) is 17. The number of unbranched alkanes of at least 4 members (excludes halogenated alkanes) is 16. The zero-order valence-corrected chi connectivity index (χ0v) is 42.6. The molecule has 10 N–H and O–H groups in total. The number of hydrogen-bond donors (Lipinski definition) is 10. The van der Waals surface area contributed by atoms with Gasteiger partial charge in [-0.1, -0.05) is 147 Å². The van der Waals surface area contributed by atoms with Gasteiger partial charge in [0.1, 0.15) is 43.2 Å². The van der Waals surface area contributed by atoms with E-state index in [2.05, 4.69) is 6.92 Å². The van der Waals surface area contributed by atoms with E-state index in [4.69, 9.17) is 27.8 Å². The highest BCUT2D eigenvalue weighted by Crippen LogP contribution is 2.49. The smallest absolute Gasteiger partial charge is 0.462 e. The van der Waals surface area contributed by atoms with Crippen molar-refractivity contribution in [2.24, 2.45) is 5.92 Å². The van der Waals surface area contributed by atoms with E-state index in [-0.39, 0.29) is 38.5 Å². The molecule has 404 valence electrons. The van der Waals surface area contributed by atoms with Gasteiger partial charge in [0.15, 0.2) is 12.4 Å². The van der Waals surface area contributed by atoms with Crippen molar-refractivity contribution < 1.29 is 96.9 Å². The fraction of sp³-hybridized carbons (Fsp3) is 0.872. The Morgan fingerprint density at radius 3 is 2.00 bits per heavy atom. The number of carbonyl (C=O) groups excluding carboxylic acids is 2. The highest BCUT2D eigenvalue weighted by atomic mass is 31.2. The normalized spacial score (nSPS) is 31.1. The molecule has 0 saturated carbocycles. The number of aliphatic hydroxyl groups excluding tert-OH is 7. The third-order valence-corrected chi connectivity index (χ3v) is 13.8. The lowest BCUT2D eigenvalue weighted by Gasteiger charge is -2.41. The van der Waals surface area contributed by atoms with Crippen molar-refractivity contribution in [3.05, 3.63) is 24.3 Å². The molecule has 0 aromatic rings. The number of fused-ring (bicyclic) bond motifs is 4. The SMILES string of the molecule is CCCCCCCCCCCCCCCCCC(=O)OC[C@@H]1COP(=O)(O)O[C@H]2[C@H](O)[C@@H](O)[C@H](O)[C@@H](CC=CCCCC(=O)O1)[C@@H](O)CC(O)O[C@H](/C=C/[C@@H](O)CCCCC)[C@@H](O)[C@H]2OP(=O)(O)O. The van der Waals surface area contributed by atoms with Crippen LogP contribution in [-0.2, 0) is 46.5 Å². The second-order valence-electron chi connectivity index (χ2n) is 18.4. The van der Waals surface area contributed by atoms with Crippen LogP contribution in [-0.4, -0.2) is 143 Å². The molecule has 0 aliphatic carbocycles. The minimum atomic E-state index is -5.79. The summed E-state index contributed by atoms with van der Waals surface area (Å²) in [4.78, 5) is 56.7. The molecule has 0 aromatic carbocycles. The van der Waals surface area contributed by atoms with Crippen LogP contribution in [0.4, 0.5) is 0 Å². The molecule has 2 unspecified atom stereocenters. The fourth-order valence-electron chi connectivity index (χ4n) is 8.30. The van der Waals surface area contributed by atoms with E-state index < -0.39 is 120 Å². The summed E-state index contributed by atoms with van der Waals surface area (Å²) in [6.45, 7) is 2.55. The number of carbonyl (C=O) groups is 2. The van der Waals surface area contributed by atoms with E-state index in [1.165, 1.54) is 70.3 Å². The van der Waals surface area contributed by atoms with Crippen molar-refractivity contribution in [2.45, 2.75) is 242 Å². The van der Waals surface area contributed by atoms with Gasteiger partial charge in [-0.3, -0.25) is 23.2 Å². The van der Waals surface area contributed by atoms with Crippen LogP contribution in [0.2, 0.25) is 0 Å². The molecule has 2 bridgehead atoms. The Bertz CT molecular complexity index is 1550. The molecule has 2 rings (SSSR count). The lowest BCUT2D eigenvalue weighted by atomic mass is 9.83. The van der Waals surface area contributed by atoms with Crippen LogP contribution in [0, 0.1) is 5.92 Å². The summed E-state index contributed by atoms with van der Waals surface area (Å²) in [5.41, 5.74) is 0. The summed E-state index contributed by atoms with van der Waals surface area (Å²) in [5, 5.41) is 78.9. The highest BCUT2D eigenvalue weighted by Gasteiger charge is 2.50. The number of cyclic esters (lactones) is 1. The number of phosphoric ester groups is 2. The van der Waals surface area contributed by atoms with Crippen molar-refractivity contribution in [3.8, 4) is 0 Å². The number of aliphatic hydroxyl groups is 7. The van der Waals surface area contributed by atoms with Crippen LogP contribution >= 0.6 is 15.6 Å². The van der Waals surface area contributed by atoms with Gasteiger partial charge in [0, 0.05) is 25.2 Å². The summed E-state index contributed by atoms with van der Waals surface area (Å²) in [6.07, 6.45) is 0.851. The first kappa shape index (κ1) is 63.4. The highest BCUT2D eigenvalue weighted by molar-refractivity contribution is 7.47. The Hall–Kier alpha value is -1.68. The fourth-order valence-corrected chi connectivity index (χ4v) is 9.83. The monoisotopic (exact) mass is 1030 g/mol. The molecule has 0 amide bonds. The standard InChI is InChI=1S/C47H86O20P2/c1-3-5-7-8-9-10-11-12-13-14-15-16-17-18-23-27-39(50)62-32-35-33-63-69(60,61)67-47-45(56)44(55)42(53)36(26-22-19-20-24-28-40(51)64-35)37(49)31-41(52)65-38(30-29-34(48)25-21-6-4-2)43(54)46(47)66-68(57,58)59/h19,22,29-30,34-38,41-49,52-56H,3-18,20-21,23-28,31-33H2,1-2H3,(H,60,61)(H2,57,58,59)/b22-19?,30-29+/t34-,35+,36-,37-,38+,41?,42+,43+,44-,45+,46+,47-/m0/s1. The predicted octanol–water partition coefficient (Wildman–Crippen LogP) is 5.84. The summed E-state index contributed by atoms with van der Waals surface area (Å²) in [7, 11) is -11.5. The largest absolute Gasteiger partial charge is 0.472 e. The van der Waals surface area contributed by atoms with Gasteiger partial charge in [0.2, 0.25) is 0 Å². The van der Waals surface area contributed by atoms with Crippen molar-refractivity contribution in [3.63, 3.8) is 0 Å². The molecule has 1 saturated heterocycles. The first-order valence-electron chi connectivity index (χ1n) is 25.3. The maximum atomic E-state index is 13.7. The lowest BCUT2D eigenvalue weighted by Crippen LogP contribution is -2.58. The summed E-state index contributed by atoms with van der Waals surface area (Å²) < 4.78 is 57.7. The van der Waals surface area contributed by atoms with Gasteiger partial charge in [-0.15, -0.1) is 0 Å². The van der Waals surface area contributed by atoms with E-state index in [0.29, 0.717) is 12.8 Å². The van der Waals surface area contributed by atoms with E-state index in [9.17, 15) is 69.1 Å².